The van der Waals surface area contributed by atoms with Crippen LogP contribution in [0.3, 0.4) is 0 Å². The smallest absolute Gasteiger partial charge is 0.402 e. The summed E-state index contributed by atoms with van der Waals surface area (Å²) in [4.78, 5) is 0. The van der Waals surface area contributed by atoms with Crippen LogP contribution >= 0.6 is 0 Å². The van der Waals surface area contributed by atoms with Gasteiger partial charge in [0.2, 0.25) is 0 Å². The Morgan fingerprint density at radius 2 is 1.73 bits per heavy atom. The summed E-state index contributed by atoms with van der Waals surface area (Å²) < 4.78 is 4.53. The molecule has 66 valence electrons. The van der Waals surface area contributed by atoms with E-state index in [9.17, 15) is 0 Å². The van der Waals surface area contributed by atoms with Crippen molar-refractivity contribution in [2.75, 3.05) is 6.61 Å². The van der Waals surface area contributed by atoms with Crippen LogP contribution in [0.15, 0.2) is 0 Å². The van der Waals surface area contributed by atoms with E-state index in [0.29, 0.717) is 6.61 Å². The van der Waals surface area contributed by atoms with Gasteiger partial charge in [-0.3, -0.25) is 0 Å². The molecule has 0 aliphatic heterocycles. The molecule has 0 saturated carbocycles. The lowest BCUT2D eigenvalue weighted by atomic mass is 10.1. The molecule has 0 aromatic carbocycles. The van der Waals surface area contributed by atoms with Crippen molar-refractivity contribution in [3.63, 3.8) is 0 Å². The van der Waals surface area contributed by atoms with Gasteiger partial charge in [-0.25, -0.2) is 0 Å². The number of hydrogen-bond acceptors (Lipinski definition) is 3. The van der Waals surface area contributed by atoms with Gasteiger partial charge in [0.15, 0.2) is 0 Å². The Labute approximate surface area is 68.6 Å². The lowest BCUT2D eigenvalue weighted by Gasteiger charge is -2.01. The summed E-state index contributed by atoms with van der Waals surface area (Å²) in [5.41, 5.74) is 0. The number of rotatable bonds is 7. The zero-order valence-electron chi connectivity index (χ0n) is 7.12. The third-order valence-corrected chi connectivity index (χ3v) is 1.51. The highest BCUT2D eigenvalue weighted by molar-refractivity contribution is 6.32. The second kappa shape index (κ2) is 8.05. The fourth-order valence-electron chi connectivity index (χ4n) is 0.894. The van der Waals surface area contributed by atoms with Crippen LogP contribution in [0.5, 0.6) is 0 Å². The van der Waals surface area contributed by atoms with Gasteiger partial charge in [0.1, 0.15) is 0 Å². The van der Waals surface area contributed by atoms with Gasteiger partial charge in [0.05, 0.1) is 0 Å². The second-order valence-electron chi connectivity index (χ2n) is 2.61. The molecular formula is C7H17BO3. The molecule has 0 unspecified atom stereocenters. The van der Waals surface area contributed by atoms with Crippen molar-refractivity contribution < 1.29 is 14.7 Å². The third-order valence-electron chi connectivity index (χ3n) is 1.51. The molecule has 0 amide bonds. The summed E-state index contributed by atoms with van der Waals surface area (Å²) in [6, 6.07) is 0. The van der Waals surface area contributed by atoms with Gasteiger partial charge in [-0.05, 0) is 6.42 Å². The van der Waals surface area contributed by atoms with E-state index in [4.69, 9.17) is 10.0 Å². The lowest BCUT2D eigenvalue weighted by Crippen LogP contribution is -2.17. The van der Waals surface area contributed by atoms with Gasteiger partial charge in [-0.2, -0.15) is 0 Å². The molecule has 0 rings (SSSR count). The van der Waals surface area contributed by atoms with Crippen molar-refractivity contribution in [3.05, 3.63) is 0 Å². The molecule has 2 N–H and O–H groups in total. The van der Waals surface area contributed by atoms with Gasteiger partial charge < -0.3 is 14.7 Å². The van der Waals surface area contributed by atoms with Crippen molar-refractivity contribution in [1.29, 1.82) is 0 Å². The average Bonchev–Trinajstić information content (AvgIpc) is 1.96. The maximum Gasteiger partial charge on any atom is 0.633 e. The van der Waals surface area contributed by atoms with Crippen LogP contribution in [0.4, 0.5) is 0 Å². The van der Waals surface area contributed by atoms with Gasteiger partial charge in [-0.1, -0.05) is 32.6 Å². The summed E-state index contributed by atoms with van der Waals surface area (Å²) >= 11 is 0. The minimum Gasteiger partial charge on any atom is -0.402 e. The molecule has 3 nitrogen and oxygen atoms in total. The fourth-order valence-corrected chi connectivity index (χ4v) is 0.894. The molecule has 4 heteroatoms. The van der Waals surface area contributed by atoms with Gasteiger partial charge in [-0.15, -0.1) is 0 Å². The number of hydrogen-bond donors (Lipinski definition) is 2. The fraction of sp³-hybridized carbons (Fsp3) is 1.00. The molecule has 0 fully saturated rings. The van der Waals surface area contributed by atoms with Crippen LogP contribution in [0.2, 0.25) is 0 Å². The van der Waals surface area contributed by atoms with Crippen molar-refractivity contribution >= 4 is 7.32 Å². The molecule has 0 heterocycles. The van der Waals surface area contributed by atoms with E-state index in [2.05, 4.69) is 11.6 Å². The molecule has 0 bridgehead atoms. The molecule has 0 saturated heterocycles. The summed E-state index contributed by atoms with van der Waals surface area (Å²) in [7, 11) is -1.60. The van der Waals surface area contributed by atoms with E-state index < -0.39 is 7.32 Å². The Hall–Kier alpha value is -0.0551. The van der Waals surface area contributed by atoms with Crippen LogP contribution in [-0.4, -0.2) is 24.0 Å². The molecule has 0 aliphatic carbocycles. The normalized spacial score (nSPS) is 10.1. The standard InChI is InChI=1S/C7H17BO3/c1-2-3-4-5-6-7-11-8(9)10/h9-10H,2-7H2,1H3. The van der Waals surface area contributed by atoms with Gasteiger partial charge >= 0.3 is 7.32 Å². The Bertz CT molecular complexity index is 78.1. The van der Waals surface area contributed by atoms with E-state index in [1.165, 1.54) is 19.3 Å². The maximum atomic E-state index is 8.29. The summed E-state index contributed by atoms with van der Waals surface area (Å²) in [5.74, 6) is 0. The maximum absolute atomic E-state index is 8.29. The molecule has 0 aliphatic rings. The molecule has 0 aromatic heterocycles. The van der Waals surface area contributed by atoms with Crippen LogP contribution in [0.25, 0.3) is 0 Å². The molecule has 0 radical (unpaired) electrons. The Morgan fingerprint density at radius 1 is 1.09 bits per heavy atom. The van der Waals surface area contributed by atoms with E-state index in [-0.39, 0.29) is 0 Å². The highest BCUT2D eigenvalue weighted by atomic mass is 16.6. The monoisotopic (exact) mass is 160 g/mol. The minimum atomic E-state index is -1.60. The summed E-state index contributed by atoms with van der Waals surface area (Å²) in [5, 5.41) is 16.6. The van der Waals surface area contributed by atoms with E-state index >= 15 is 0 Å². The lowest BCUT2D eigenvalue weighted by molar-refractivity contribution is 0.182. The van der Waals surface area contributed by atoms with Crippen molar-refractivity contribution in [2.45, 2.75) is 39.0 Å². The predicted octanol–water partition coefficient (Wildman–Crippen LogP) is 0.943. The highest BCUT2D eigenvalue weighted by Crippen LogP contribution is 2.01. The summed E-state index contributed by atoms with van der Waals surface area (Å²) in [6.07, 6.45) is 5.71. The second-order valence-corrected chi connectivity index (χ2v) is 2.61. The Kier molecular flexibility index (Phi) is 8.01. The molecule has 0 aromatic rings. The van der Waals surface area contributed by atoms with Crippen LogP contribution in [0.1, 0.15) is 39.0 Å². The van der Waals surface area contributed by atoms with E-state index in [0.717, 1.165) is 12.8 Å². The van der Waals surface area contributed by atoms with Gasteiger partial charge in [0.25, 0.3) is 0 Å². The first-order valence-electron chi connectivity index (χ1n) is 4.25. The summed E-state index contributed by atoms with van der Waals surface area (Å²) in [6.45, 7) is 2.61. The van der Waals surface area contributed by atoms with Crippen LogP contribution < -0.4 is 0 Å². The SMILES string of the molecule is CCCCCCCOB(O)O. The first kappa shape index (κ1) is 10.9. The predicted molar refractivity (Wildman–Crippen MR) is 44.9 cm³/mol. The first-order valence-corrected chi connectivity index (χ1v) is 4.25. The zero-order valence-corrected chi connectivity index (χ0v) is 7.12. The third kappa shape index (κ3) is 9.94. The molecule has 11 heavy (non-hydrogen) atoms. The largest absolute Gasteiger partial charge is 0.633 e. The molecule has 0 spiro atoms. The average molecular weight is 160 g/mol. The van der Waals surface area contributed by atoms with Gasteiger partial charge in [0, 0.05) is 6.61 Å². The highest BCUT2D eigenvalue weighted by Gasteiger charge is 2.06. The van der Waals surface area contributed by atoms with Crippen molar-refractivity contribution in [2.24, 2.45) is 0 Å². The molecular weight excluding hydrogens is 143 g/mol. The van der Waals surface area contributed by atoms with E-state index in [1.807, 2.05) is 0 Å². The van der Waals surface area contributed by atoms with Crippen molar-refractivity contribution in [1.82, 2.24) is 0 Å². The minimum absolute atomic E-state index is 0.446. The van der Waals surface area contributed by atoms with Crippen LogP contribution in [-0.2, 0) is 4.65 Å². The first-order chi connectivity index (χ1) is 5.27. The quantitative estimate of drug-likeness (QED) is 0.430. The van der Waals surface area contributed by atoms with Crippen LogP contribution in [0, 0.1) is 0 Å². The zero-order chi connectivity index (χ0) is 8.53. The molecule has 0 atom stereocenters. The van der Waals surface area contributed by atoms with E-state index in [1.54, 1.807) is 0 Å². The topological polar surface area (TPSA) is 49.7 Å². The van der Waals surface area contributed by atoms with Crippen molar-refractivity contribution in [3.8, 4) is 0 Å². The Balaban J connectivity index is 2.80. The number of unbranched alkanes of at least 4 members (excludes halogenated alkanes) is 4. The Morgan fingerprint density at radius 3 is 2.27 bits per heavy atom.